The van der Waals surface area contributed by atoms with E-state index in [0.717, 1.165) is 64.0 Å². The van der Waals surface area contributed by atoms with Crippen LogP contribution in [-0.2, 0) is 11.8 Å². The number of hydrogen-bond acceptors (Lipinski definition) is 3. The largest absolute Gasteiger partial charge is 0.343 e. The van der Waals surface area contributed by atoms with Crippen LogP contribution in [0.2, 0.25) is 0 Å². The second-order valence-electron chi connectivity index (χ2n) is 7.74. The summed E-state index contributed by atoms with van der Waals surface area (Å²) in [5.41, 5.74) is 1.65. The van der Waals surface area contributed by atoms with Crippen molar-refractivity contribution in [3.8, 4) is 0 Å². The molecular formula is C19H30N4O2. The molecule has 0 spiro atoms. The fourth-order valence-electron chi connectivity index (χ4n) is 3.84. The molecule has 0 aliphatic carbocycles. The van der Waals surface area contributed by atoms with E-state index in [4.69, 9.17) is 0 Å². The molecule has 25 heavy (non-hydrogen) atoms. The van der Waals surface area contributed by atoms with Crippen molar-refractivity contribution in [3.63, 3.8) is 0 Å². The summed E-state index contributed by atoms with van der Waals surface area (Å²) in [5.74, 6) is 1.35. The molecule has 2 fully saturated rings. The number of likely N-dealkylation sites (tertiary alicyclic amines) is 2. The Morgan fingerprint density at radius 1 is 1.28 bits per heavy atom. The van der Waals surface area contributed by atoms with Crippen molar-refractivity contribution in [2.45, 2.75) is 51.9 Å². The molecule has 1 aromatic rings. The second-order valence-corrected chi connectivity index (χ2v) is 7.74. The minimum absolute atomic E-state index is 0.0927. The number of piperidine rings is 1. The van der Waals surface area contributed by atoms with Gasteiger partial charge >= 0.3 is 0 Å². The summed E-state index contributed by atoms with van der Waals surface area (Å²) in [6, 6.07) is 1.93. The predicted octanol–water partition coefficient (Wildman–Crippen LogP) is 2.41. The number of amides is 2. The maximum Gasteiger partial charge on any atom is 0.272 e. The van der Waals surface area contributed by atoms with Gasteiger partial charge in [-0.25, -0.2) is 0 Å². The van der Waals surface area contributed by atoms with Gasteiger partial charge in [0.1, 0.15) is 5.69 Å². The van der Waals surface area contributed by atoms with Gasteiger partial charge < -0.3 is 9.80 Å². The van der Waals surface area contributed by atoms with Crippen molar-refractivity contribution in [2.24, 2.45) is 13.0 Å². The van der Waals surface area contributed by atoms with Crippen molar-refractivity contribution in [3.05, 3.63) is 17.5 Å². The highest BCUT2D eigenvalue weighted by Gasteiger charge is 2.27. The van der Waals surface area contributed by atoms with Crippen LogP contribution < -0.4 is 0 Å². The van der Waals surface area contributed by atoms with E-state index in [1.165, 1.54) is 0 Å². The molecule has 0 unspecified atom stereocenters. The van der Waals surface area contributed by atoms with Gasteiger partial charge in [-0.05, 0) is 43.6 Å². The number of carbonyl (C=O) groups excluding carboxylic acids is 2. The second kappa shape index (κ2) is 7.58. The highest BCUT2D eigenvalue weighted by molar-refractivity contribution is 5.92. The minimum atomic E-state index is 0.0927. The Morgan fingerprint density at radius 2 is 2.00 bits per heavy atom. The maximum atomic E-state index is 12.8. The van der Waals surface area contributed by atoms with E-state index in [1.807, 2.05) is 22.9 Å². The number of rotatable bonds is 5. The van der Waals surface area contributed by atoms with E-state index in [-0.39, 0.29) is 5.91 Å². The minimum Gasteiger partial charge on any atom is -0.343 e. The highest BCUT2D eigenvalue weighted by Crippen LogP contribution is 2.24. The van der Waals surface area contributed by atoms with Crippen LogP contribution >= 0.6 is 0 Å². The summed E-state index contributed by atoms with van der Waals surface area (Å²) >= 11 is 0. The first-order chi connectivity index (χ1) is 12.0. The Kier molecular flexibility index (Phi) is 5.45. The van der Waals surface area contributed by atoms with Gasteiger partial charge in [0.05, 0.1) is 5.69 Å². The molecule has 2 aliphatic rings. The molecule has 0 radical (unpaired) electrons. The Labute approximate surface area is 150 Å². The van der Waals surface area contributed by atoms with Crippen LogP contribution in [0.15, 0.2) is 6.07 Å². The van der Waals surface area contributed by atoms with Gasteiger partial charge in [-0.1, -0.05) is 13.8 Å². The molecule has 6 heteroatoms. The number of carbonyl (C=O) groups is 2. The lowest BCUT2D eigenvalue weighted by molar-refractivity contribution is -0.127. The van der Waals surface area contributed by atoms with Crippen molar-refractivity contribution >= 4 is 11.8 Å². The van der Waals surface area contributed by atoms with E-state index in [9.17, 15) is 9.59 Å². The topological polar surface area (TPSA) is 58.4 Å². The Bertz CT molecular complexity index is 629. The van der Waals surface area contributed by atoms with E-state index in [1.54, 1.807) is 4.68 Å². The first kappa shape index (κ1) is 18.0. The molecule has 0 N–H and O–H groups in total. The van der Waals surface area contributed by atoms with Gasteiger partial charge in [0.25, 0.3) is 5.91 Å². The van der Waals surface area contributed by atoms with E-state index < -0.39 is 0 Å². The molecule has 3 heterocycles. The Balaban J connectivity index is 1.50. The first-order valence-corrected chi connectivity index (χ1v) is 9.56. The van der Waals surface area contributed by atoms with E-state index in [2.05, 4.69) is 18.9 Å². The lowest BCUT2D eigenvalue weighted by Crippen LogP contribution is -2.40. The van der Waals surface area contributed by atoms with Crippen molar-refractivity contribution in [1.29, 1.82) is 0 Å². The predicted molar refractivity (Wildman–Crippen MR) is 96.4 cm³/mol. The summed E-state index contributed by atoms with van der Waals surface area (Å²) in [5, 5.41) is 4.45. The van der Waals surface area contributed by atoms with Gasteiger partial charge in [0, 0.05) is 39.6 Å². The Morgan fingerprint density at radius 3 is 2.56 bits per heavy atom. The van der Waals surface area contributed by atoms with Crippen LogP contribution in [0.4, 0.5) is 0 Å². The molecule has 0 atom stereocenters. The number of aromatic nitrogens is 2. The van der Waals surface area contributed by atoms with Crippen LogP contribution in [0, 0.1) is 5.92 Å². The molecule has 2 aliphatic heterocycles. The number of nitrogens with zero attached hydrogens (tertiary/aromatic N) is 4. The van der Waals surface area contributed by atoms with E-state index in [0.29, 0.717) is 23.4 Å². The third kappa shape index (κ3) is 4.05. The summed E-state index contributed by atoms with van der Waals surface area (Å²) < 4.78 is 1.71. The molecule has 138 valence electrons. The summed E-state index contributed by atoms with van der Waals surface area (Å²) in [4.78, 5) is 28.4. The average Bonchev–Trinajstić information content (AvgIpc) is 3.18. The molecule has 1 aromatic heterocycles. The molecule has 0 aromatic carbocycles. The lowest BCUT2D eigenvalue weighted by Gasteiger charge is -2.32. The van der Waals surface area contributed by atoms with Gasteiger partial charge in [-0.3, -0.25) is 14.3 Å². The molecule has 6 nitrogen and oxygen atoms in total. The standard InChI is InChI=1S/C19H30N4O2/c1-14(2)16-13-17(21(3)20-16)19(25)23-11-7-15(8-12-23)6-10-22-9-4-5-18(22)24/h13-15H,4-12H2,1-3H3. The normalized spacial score (nSPS) is 19.3. The molecule has 0 saturated carbocycles. The van der Waals surface area contributed by atoms with Crippen LogP contribution in [-0.4, -0.2) is 57.6 Å². The SMILES string of the molecule is CC(C)c1cc(C(=O)N2CCC(CCN3CCCC3=O)CC2)n(C)n1. The lowest BCUT2D eigenvalue weighted by atomic mass is 9.93. The molecule has 0 bridgehead atoms. The molecule has 2 saturated heterocycles. The zero-order chi connectivity index (χ0) is 18.0. The van der Waals surface area contributed by atoms with Gasteiger partial charge in [-0.15, -0.1) is 0 Å². The van der Waals surface area contributed by atoms with Gasteiger partial charge in [0.15, 0.2) is 0 Å². The number of hydrogen-bond donors (Lipinski definition) is 0. The van der Waals surface area contributed by atoms with Crippen molar-refractivity contribution < 1.29 is 9.59 Å². The van der Waals surface area contributed by atoms with Crippen LogP contribution in [0.3, 0.4) is 0 Å². The third-order valence-corrected chi connectivity index (χ3v) is 5.59. The highest BCUT2D eigenvalue weighted by atomic mass is 16.2. The zero-order valence-corrected chi connectivity index (χ0v) is 15.7. The molecule has 2 amide bonds. The van der Waals surface area contributed by atoms with Gasteiger partial charge in [-0.2, -0.15) is 5.10 Å². The quantitative estimate of drug-likeness (QED) is 0.823. The molecule has 3 rings (SSSR count). The summed E-state index contributed by atoms with van der Waals surface area (Å²) in [6.45, 7) is 7.60. The monoisotopic (exact) mass is 346 g/mol. The average molecular weight is 346 g/mol. The van der Waals surface area contributed by atoms with Crippen LogP contribution in [0.1, 0.15) is 68.1 Å². The maximum absolute atomic E-state index is 12.8. The zero-order valence-electron chi connectivity index (χ0n) is 15.7. The van der Waals surface area contributed by atoms with Gasteiger partial charge in [0.2, 0.25) is 5.91 Å². The van der Waals surface area contributed by atoms with E-state index >= 15 is 0 Å². The third-order valence-electron chi connectivity index (χ3n) is 5.59. The van der Waals surface area contributed by atoms with Crippen LogP contribution in [0.25, 0.3) is 0 Å². The number of aryl methyl sites for hydroxylation is 1. The smallest absolute Gasteiger partial charge is 0.272 e. The molecular weight excluding hydrogens is 316 g/mol. The summed E-state index contributed by atoms with van der Waals surface area (Å²) in [7, 11) is 1.85. The fraction of sp³-hybridized carbons (Fsp3) is 0.737. The summed E-state index contributed by atoms with van der Waals surface area (Å²) in [6.07, 6.45) is 4.85. The Hall–Kier alpha value is -1.85. The van der Waals surface area contributed by atoms with Crippen molar-refractivity contribution in [1.82, 2.24) is 19.6 Å². The first-order valence-electron chi connectivity index (χ1n) is 9.56. The van der Waals surface area contributed by atoms with Crippen LogP contribution in [0.5, 0.6) is 0 Å². The fourth-order valence-corrected chi connectivity index (χ4v) is 3.84. The van der Waals surface area contributed by atoms with Crippen molar-refractivity contribution in [2.75, 3.05) is 26.2 Å².